The molecule has 1 fully saturated rings. The van der Waals surface area contributed by atoms with Crippen LogP contribution in [0.3, 0.4) is 0 Å². The van der Waals surface area contributed by atoms with Crippen molar-refractivity contribution in [3.05, 3.63) is 42.4 Å². The number of pyridine rings is 1. The molecule has 0 spiro atoms. The molecule has 4 heterocycles. The number of fused-ring (bicyclic) bond motifs is 1. The highest BCUT2D eigenvalue weighted by molar-refractivity contribution is 5.91. The second-order valence-electron chi connectivity index (χ2n) is 8.67. The van der Waals surface area contributed by atoms with E-state index >= 15 is 0 Å². The molecule has 2 atom stereocenters. The lowest BCUT2D eigenvalue weighted by Gasteiger charge is -2.24. The normalized spacial score (nSPS) is 21.2. The molecule has 0 saturated carbocycles. The lowest BCUT2D eigenvalue weighted by molar-refractivity contribution is 0.267. The zero-order valence-corrected chi connectivity index (χ0v) is 18.3. The molecule has 7 nitrogen and oxygen atoms in total. The molecule has 1 saturated heterocycles. The first kappa shape index (κ1) is 20.0. The van der Waals surface area contributed by atoms with E-state index in [-0.39, 0.29) is 5.92 Å². The van der Waals surface area contributed by atoms with E-state index in [0.29, 0.717) is 12.6 Å². The first-order valence-electron chi connectivity index (χ1n) is 11.2. The van der Waals surface area contributed by atoms with Gasteiger partial charge in [0, 0.05) is 67.7 Å². The Labute approximate surface area is 183 Å². The molecule has 0 radical (unpaired) electrons. The van der Waals surface area contributed by atoms with Gasteiger partial charge in [0.05, 0.1) is 18.3 Å². The zero-order valence-electron chi connectivity index (χ0n) is 18.3. The maximum absolute atomic E-state index is 6.52. The van der Waals surface area contributed by atoms with Gasteiger partial charge in [-0.05, 0) is 43.5 Å². The molecule has 1 aromatic carbocycles. The number of piperidine rings is 1. The number of hydrogen-bond acceptors (Lipinski definition) is 6. The lowest BCUT2D eigenvalue weighted by atomic mass is 9.97. The molecule has 1 unspecified atom stereocenters. The van der Waals surface area contributed by atoms with E-state index in [0.717, 1.165) is 52.9 Å². The van der Waals surface area contributed by atoms with Crippen molar-refractivity contribution in [2.24, 2.45) is 12.1 Å². The highest BCUT2D eigenvalue weighted by atomic mass is 16.5. The average molecular weight is 419 g/mol. The summed E-state index contributed by atoms with van der Waals surface area (Å²) in [7, 11) is 3.94. The first-order chi connectivity index (χ1) is 15.2. The van der Waals surface area contributed by atoms with Crippen LogP contribution >= 0.6 is 0 Å². The summed E-state index contributed by atoms with van der Waals surface area (Å²) in [5, 5.41) is 15.4. The van der Waals surface area contributed by atoms with Crippen molar-refractivity contribution in [3.63, 3.8) is 0 Å². The maximum Gasteiger partial charge on any atom is 0.134 e. The minimum absolute atomic E-state index is 0.187. The maximum atomic E-state index is 6.52. The smallest absolute Gasteiger partial charge is 0.134 e. The third kappa shape index (κ3) is 4.28. The van der Waals surface area contributed by atoms with Crippen LogP contribution in [0.1, 0.15) is 37.2 Å². The molecule has 1 N–H and O–H groups in total. The fourth-order valence-corrected chi connectivity index (χ4v) is 4.58. The van der Waals surface area contributed by atoms with E-state index in [1.54, 1.807) is 0 Å². The largest absolute Gasteiger partial charge is 0.492 e. The minimum atomic E-state index is 0.187. The van der Waals surface area contributed by atoms with Crippen molar-refractivity contribution in [2.45, 2.75) is 37.6 Å². The van der Waals surface area contributed by atoms with Gasteiger partial charge in [-0.15, -0.1) is 0 Å². The Hall–Kier alpha value is -2.93. The number of hydrogen-bond donors (Lipinski definition) is 1. The van der Waals surface area contributed by atoms with Gasteiger partial charge in [-0.2, -0.15) is 10.2 Å². The topological polar surface area (TPSA) is 67.6 Å². The summed E-state index contributed by atoms with van der Waals surface area (Å²) in [5.41, 5.74) is 4.27. The van der Waals surface area contributed by atoms with Crippen LogP contribution in [0.15, 0.2) is 41.9 Å². The molecule has 2 aliphatic rings. The predicted molar refractivity (Wildman–Crippen MR) is 124 cm³/mol. The Bertz CT molecular complexity index is 1080. The van der Waals surface area contributed by atoms with E-state index in [2.05, 4.69) is 33.7 Å². The van der Waals surface area contributed by atoms with Crippen LogP contribution in [0.2, 0.25) is 0 Å². The van der Waals surface area contributed by atoms with Gasteiger partial charge in [0.1, 0.15) is 5.75 Å². The third-order valence-electron chi connectivity index (χ3n) is 6.31. The van der Waals surface area contributed by atoms with Crippen LogP contribution in [-0.4, -0.2) is 58.8 Å². The molecule has 0 amide bonds. The van der Waals surface area contributed by atoms with Crippen LogP contribution in [0.4, 0.5) is 0 Å². The first-order valence-corrected chi connectivity index (χ1v) is 11.2. The van der Waals surface area contributed by atoms with E-state index in [9.17, 15) is 0 Å². The summed E-state index contributed by atoms with van der Waals surface area (Å²) in [6.45, 7) is 2.66. The highest BCUT2D eigenvalue weighted by Crippen LogP contribution is 2.36. The van der Waals surface area contributed by atoms with Crippen molar-refractivity contribution >= 4 is 17.1 Å². The number of aryl methyl sites for hydroxylation is 1. The molecule has 2 aliphatic heterocycles. The summed E-state index contributed by atoms with van der Waals surface area (Å²) >= 11 is 0. The van der Waals surface area contributed by atoms with Crippen molar-refractivity contribution in [1.82, 2.24) is 25.1 Å². The van der Waals surface area contributed by atoms with Gasteiger partial charge in [0.2, 0.25) is 0 Å². The van der Waals surface area contributed by atoms with Gasteiger partial charge in [-0.25, -0.2) is 0 Å². The number of likely N-dealkylation sites (N-methyl/N-ethyl adjacent to an activating group) is 1. The van der Waals surface area contributed by atoms with Gasteiger partial charge in [-0.3, -0.25) is 14.7 Å². The summed E-state index contributed by atoms with van der Waals surface area (Å²) in [4.78, 5) is 4.76. The summed E-state index contributed by atoms with van der Waals surface area (Å²) < 4.78 is 8.34. The SMILES string of the molecule is CN1CC(c2cnc3ccc(-c4cnn(C)c4)cc3c2OCC[C@@H]2CCCCN2)C=N1. The van der Waals surface area contributed by atoms with Gasteiger partial charge >= 0.3 is 0 Å². The Morgan fingerprint density at radius 1 is 1.16 bits per heavy atom. The number of nitrogens with one attached hydrogen (secondary N) is 1. The van der Waals surface area contributed by atoms with Crippen LogP contribution in [0.25, 0.3) is 22.0 Å². The van der Waals surface area contributed by atoms with Gasteiger partial charge in [0.15, 0.2) is 0 Å². The van der Waals surface area contributed by atoms with Gasteiger partial charge < -0.3 is 10.1 Å². The Kier molecular flexibility index (Phi) is 5.59. The Balaban J connectivity index is 1.49. The molecule has 0 aliphatic carbocycles. The van der Waals surface area contributed by atoms with Gasteiger partial charge in [-0.1, -0.05) is 12.5 Å². The Morgan fingerprint density at radius 3 is 2.84 bits per heavy atom. The second-order valence-corrected chi connectivity index (χ2v) is 8.67. The Morgan fingerprint density at radius 2 is 2.10 bits per heavy atom. The lowest BCUT2D eigenvalue weighted by Crippen LogP contribution is -2.35. The van der Waals surface area contributed by atoms with E-state index in [4.69, 9.17) is 9.72 Å². The fourth-order valence-electron chi connectivity index (χ4n) is 4.58. The van der Waals surface area contributed by atoms with E-state index in [1.165, 1.54) is 19.3 Å². The molecular formula is C24H30N6O. The van der Waals surface area contributed by atoms with Crippen molar-refractivity contribution < 1.29 is 4.74 Å². The van der Waals surface area contributed by atoms with Gasteiger partial charge in [0.25, 0.3) is 0 Å². The summed E-state index contributed by atoms with van der Waals surface area (Å²) in [6, 6.07) is 6.92. The molecule has 162 valence electrons. The van der Waals surface area contributed by atoms with Crippen LogP contribution in [0, 0.1) is 0 Å². The molecule has 2 aromatic heterocycles. The second kappa shape index (κ2) is 8.67. The number of rotatable bonds is 6. The molecule has 0 bridgehead atoms. The third-order valence-corrected chi connectivity index (χ3v) is 6.31. The standard InChI is InChI=1S/C24H30N6O/c1-29-15-18(12-27-29)17-6-7-23-21(11-17)24(31-10-8-20-5-3-4-9-25-20)22(14-26-23)19-13-28-30(2)16-19/h6-7,11-15,19-20,25H,3-5,8-10,16H2,1-2H3/t19?,20-/m0/s1. The molecule has 5 rings (SSSR count). The number of ether oxygens (including phenoxy) is 1. The number of nitrogens with zero attached hydrogens (tertiary/aromatic N) is 5. The van der Waals surface area contributed by atoms with Crippen molar-refractivity contribution in [2.75, 3.05) is 26.7 Å². The highest BCUT2D eigenvalue weighted by Gasteiger charge is 2.23. The van der Waals surface area contributed by atoms with E-state index < -0.39 is 0 Å². The number of aromatic nitrogens is 3. The quantitative estimate of drug-likeness (QED) is 0.663. The molecule has 31 heavy (non-hydrogen) atoms. The van der Waals surface area contributed by atoms with Crippen LogP contribution in [0.5, 0.6) is 5.75 Å². The average Bonchev–Trinajstić information content (AvgIpc) is 3.42. The molecule has 7 heteroatoms. The number of hydrazone groups is 1. The summed E-state index contributed by atoms with van der Waals surface area (Å²) in [5.74, 6) is 1.13. The zero-order chi connectivity index (χ0) is 21.2. The van der Waals surface area contributed by atoms with Crippen molar-refractivity contribution in [1.29, 1.82) is 0 Å². The summed E-state index contributed by atoms with van der Waals surface area (Å²) in [6.07, 6.45) is 12.7. The van der Waals surface area contributed by atoms with Crippen molar-refractivity contribution in [3.8, 4) is 16.9 Å². The number of benzene rings is 1. The van der Waals surface area contributed by atoms with Crippen LogP contribution < -0.4 is 10.1 Å². The fraction of sp³-hybridized carbons (Fsp3) is 0.458. The van der Waals surface area contributed by atoms with Crippen LogP contribution in [-0.2, 0) is 7.05 Å². The monoisotopic (exact) mass is 418 g/mol. The molecule has 3 aromatic rings. The van der Waals surface area contributed by atoms with E-state index in [1.807, 2.05) is 48.6 Å². The predicted octanol–water partition coefficient (Wildman–Crippen LogP) is 3.56. The molecular weight excluding hydrogens is 388 g/mol. The minimum Gasteiger partial charge on any atom is -0.492 e.